The minimum atomic E-state index is -5.20. The Morgan fingerprint density at radius 2 is 1.94 bits per heavy atom. The SMILES string of the molecule is [2H]C([2H])(C)c1cc2c(cc1F)c(C#N)c(-c1ccc(S(=O)(=O)N[C@@]([2H])(C)C(F)(F)F)cn1)n2-c1ncccn1. The summed E-state index contributed by atoms with van der Waals surface area (Å²) in [5.41, 5.74) is -0.296. The molecule has 0 saturated carbocycles. The van der Waals surface area contributed by atoms with Crippen LogP contribution in [0.25, 0.3) is 28.2 Å². The molecule has 1 N–H and O–H groups in total. The highest BCUT2D eigenvalue weighted by Crippen LogP contribution is 2.36. The van der Waals surface area contributed by atoms with Crippen molar-refractivity contribution in [3.8, 4) is 23.4 Å². The predicted octanol–water partition coefficient (Wildman–Crippen LogP) is 4.28. The Kier molecular flexibility index (Phi) is 5.52. The van der Waals surface area contributed by atoms with Gasteiger partial charge in [-0.05, 0) is 49.2 Å². The maximum Gasteiger partial charge on any atom is 0.404 e. The van der Waals surface area contributed by atoms with E-state index in [-0.39, 0.29) is 39.4 Å². The number of nitrogens with zero attached hydrogens (tertiary/aromatic N) is 5. The number of hydrogen-bond donors (Lipinski definition) is 1. The Labute approximate surface area is 207 Å². The predicted molar refractivity (Wildman–Crippen MR) is 122 cm³/mol. The van der Waals surface area contributed by atoms with Gasteiger partial charge in [0.1, 0.15) is 22.8 Å². The number of nitriles is 1. The molecule has 0 radical (unpaired) electrons. The van der Waals surface area contributed by atoms with Crippen LogP contribution in [0.1, 0.15) is 29.1 Å². The number of sulfonamides is 1. The Bertz CT molecular complexity index is 1710. The van der Waals surface area contributed by atoms with Crippen LogP contribution in [0.5, 0.6) is 0 Å². The molecule has 0 aliphatic heterocycles. The normalized spacial score (nSPS) is 15.5. The van der Waals surface area contributed by atoms with Crippen molar-refractivity contribution in [3.05, 3.63) is 65.9 Å². The molecule has 0 unspecified atom stereocenters. The van der Waals surface area contributed by atoms with E-state index in [1.165, 1.54) is 33.8 Å². The summed E-state index contributed by atoms with van der Waals surface area (Å²) >= 11 is 0. The second-order valence-corrected chi connectivity index (χ2v) is 9.11. The number of benzene rings is 1. The largest absolute Gasteiger partial charge is 0.404 e. The first-order valence-electron chi connectivity index (χ1n) is 11.6. The maximum atomic E-state index is 14.9. The fourth-order valence-electron chi connectivity index (χ4n) is 3.47. The molecule has 4 rings (SSSR count). The van der Waals surface area contributed by atoms with Crippen molar-refractivity contribution in [2.75, 3.05) is 0 Å². The van der Waals surface area contributed by atoms with Crippen LogP contribution in [0.4, 0.5) is 17.6 Å². The lowest BCUT2D eigenvalue weighted by atomic mass is 10.1. The third-order valence-electron chi connectivity index (χ3n) is 5.19. The van der Waals surface area contributed by atoms with Crippen molar-refractivity contribution >= 4 is 20.9 Å². The van der Waals surface area contributed by atoms with Crippen molar-refractivity contribution in [1.29, 1.82) is 5.26 Å². The minimum absolute atomic E-state index is 0.00328. The molecule has 13 heteroatoms. The lowest BCUT2D eigenvalue weighted by Gasteiger charge is -2.17. The fourth-order valence-corrected chi connectivity index (χ4v) is 4.54. The molecule has 3 aromatic heterocycles. The zero-order valence-corrected chi connectivity index (χ0v) is 19.4. The summed E-state index contributed by atoms with van der Waals surface area (Å²) in [6, 6.07) is 4.20. The van der Waals surface area contributed by atoms with Crippen molar-refractivity contribution in [3.63, 3.8) is 0 Å². The lowest BCUT2D eigenvalue weighted by Crippen LogP contribution is -2.42. The molecule has 0 spiro atoms. The zero-order valence-electron chi connectivity index (χ0n) is 21.6. The molecule has 0 aliphatic carbocycles. The molecule has 186 valence electrons. The van der Waals surface area contributed by atoms with Crippen LogP contribution in [0, 0.1) is 17.1 Å². The second-order valence-electron chi connectivity index (χ2n) is 7.43. The van der Waals surface area contributed by atoms with E-state index in [2.05, 4.69) is 15.0 Å². The van der Waals surface area contributed by atoms with Gasteiger partial charge in [-0.3, -0.25) is 9.55 Å². The molecule has 4 aromatic rings. The third kappa shape index (κ3) is 4.52. The number of alkyl halides is 3. The van der Waals surface area contributed by atoms with Crippen LogP contribution in [-0.4, -0.2) is 40.1 Å². The van der Waals surface area contributed by atoms with E-state index in [4.69, 9.17) is 4.11 Å². The molecule has 3 heterocycles. The molecular weight excluding hydrogens is 500 g/mol. The molecule has 8 nitrogen and oxygen atoms in total. The van der Waals surface area contributed by atoms with Crippen molar-refractivity contribution < 1.29 is 30.1 Å². The monoisotopic (exact) mass is 521 g/mol. The molecular formula is C23H18F4N6O2S. The van der Waals surface area contributed by atoms with Crippen LogP contribution in [0.15, 0.2) is 53.8 Å². The number of fused-ring (bicyclic) bond motifs is 1. The standard InChI is InChI=1S/C23H18F4N6O2S/c1-3-14-9-20-16(10-18(14)24)17(11-28)21(33(20)22-29-7-4-8-30-22)19-6-5-15(12-31-19)36(34,35)32-13(2)23(25,26)27/h4-10,12-13,32H,3H2,1-2H3/t13-/m0/s1/i3D2,13D. The number of aromatic nitrogens is 4. The van der Waals surface area contributed by atoms with E-state index in [9.17, 15) is 31.2 Å². The van der Waals surface area contributed by atoms with E-state index in [1.54, 1.807) is 0 Å². The van der Waals surface area contributed by atoms with Gasteiger partial charge >= 0.3 is 6.18 Å². The van der Waals surface area contributed by atoms with E-state index >= 15 is 0 Å². The lowest BCUT2D eigenvalue weighted by molar-refractivity contribution is -0.147. The van der Waals surface area contributed by atoms with Gasteiger partial charge in [0.2, 0.25) is 16.0 Å². The van der Waals surface area contributed by atoms with E-state index in [1.807, 2.05) is 6.07 Å². The molecule has 0 amide bonds. The summed E-state index contributed by atoms with van der Waals surface area (Å²) in [6.45, 7) is 1.50. The summed E-state index contributed by atoms with van der Waals surface area (Å²) in [5, 5.41) is 10.1. The highest BCUT2D eigenvalue weighted by atomic mass is 32.2. The van der Waals surface area contributed by atoms with Crippen molar-refractivity contribution in [2.24, 2.45) is 0 Å². The third-order valence-corrected chi connectivity index (χ3v) is 6.63. The number of pyridine rings is 1. The topological polar surface area (TPSA) is 114 Å². The van der Waals surface area contributed by atoms with Gasteiger partial charge in [-0.2, -0.15) is 23.2 Å². The molecule has 0 aliphatic rings. The zero-order chi connectivity index (χ0) is 29.0. The van der Waals surface area contributed by atoms with Gasteiger partial charge in [0.25, 0.3) is 0 Å². The smallest absolute Gasteiger partial charge is 0.275 e. The molecule has 0 fully saturated rings. The van der Waals surface area contributed by atoms with Crippen LogP contribution in [0.2, 0.25) is 0 Å². The van der Waals surface area contributed by atoms with Crippen LogP contribution in [0.3, 0.4) is 0 Å². The highest BCUT2D eigenvalue weighted by molar-refractivity contribution is 7.89. The average Bonchev–Trinajstić information content (AvgIpc) is 3.15. The first kappa shape index (κ1) is 21.4. The Balaban J connectivity index is 1.95. The summed E-state index contributed by atoms with van der Waals surface area (Å²) in [5.74, 6) is -0.906. The van der Waals surface area contributed by atoms with Gasteiger partial charge in [0.05, 0.1) is 23.8 Å². The first-order valence-corrected chi connectivity index (χ1v) is 11.6. The Morgan fingerprint density at radius 1 is 1.25 bits per heavy atom. The summed E-state index contributed by atoms with van der Waals surface area (Å²) in [6.07, 6.45) is -3.77. The number of aryl methyl sites for hydroxylation is 1. The van der Waals surface area contributed by atoms with Crippen molar-refractivity contribution in [2.45, 2.75) is 37.3 Å². The molecule has 0 bridgehead atoms. The Hall–Kier alpha value is -3.89. The summed E-state index contributed by atoms with van der Waals surface area (Å²) in [7, 11) is -4.84. The second kappa shape index (κ2) is 9.29. The molecule has 1 aromatic carbocycles. The van der Waals surface area contributed by atoms with Crippen LogP contribution < -0.4 is 4.72 Å². The van der Waals surface area contributed by atoms with E-state index in [0.29, 0.717) is 6.92 Å². The van der Waals surface area contributed by atoms with E-state index in [0.717, 1.165) is 31.3 Å². The van der Waals surface area contributed by atoms with Gasteiger partial charge in [-0.25, -0.2) is 22.8 Å². The van der Waals surface area contributed by atoms with Crippen LogP contribution in [-0.2, 0) is 16.4 Å². The number of nitrogens with one attached hydrogen (secondary N) is 1. The number of halogens is 4. The molecule has 36 heavy (non-hydrogen) atoms. The van der Waals surface area contributed by atoms with Crippen molar-refractivity contribution in [1.82, 2.24) is 24.2 Å². The summed E-state index contributed by atoms with van der Waals surface area (Å²) < 4.78 is 105. The minimum Gasteiger partial charge on any atom is -0.275 e. The highest BCUT2D eigenvalue weighted by Gasteiger charge is 2.39. The quantitative estimate of drug-likeness (QED) is 0.379. The summed E-state index contributed by atoms with van der Waals surface area (Å²) in [4.78, 5) is 11.7. The molecule has 0 saturated heterocycles. The van der Waals surface area contributed by atoms with Gasteiger partial charge in [0.15, 0.2) is 0 Å². The average molecular weight is 522 g/mol. The number of rotatable bonds is 6. The molecule has 1 atom stereocenters. The van der Waals surface area contributed by atoms with Gasteiger partial charge in [-0.1, -0.05) is 6.92 Å². The number of hydrogen-bond acceptors (Lipinski definition) is 6. The van der Waals surface area contributed by atoms with Gasteiger partial charge < -0.3 is 0 Å². The Morgan fingerprint density at radius 3 is 2.50 bits per heavy atom. The van der Waals surface area contributed by atoms with Gasteiger partial charge in [0, 0.05) is 26.7 Å². The van der Waals surface area contributed by atoms with Gasteiger partial charge in [-0.15, -0.1) is 0 Å². The van der Waals surface area contributed by atoms with Crippen LogP contribution >= 0.6 is 0 Å². The van der Waals surface area contributed by atoms with E-state index < -0.39 is 39.3 Å². The first-order chi connectivity index (χ1) is 18.0. The maximum absolute atomic E-state index is 14.9. The fraction of sp³-hybridized carbons (Fsp3) is 0.217.